The van der Waals surface area contributed by atoms with E-state index >= 15 is 0 Å². The molecule has 0 radical (unpaired) electrons. The fraction of sp³-hybridized carbons (Fsp3) is 0.692. The number of carboxylic acid groups (broad SMARTS) is 1. The average molecular weight is 269 g/mol. The maximum absolute atomic E-state index is 10.8. The Balaban J connectivity index is 1.85. The summed E-state index contributed by atoms with van der Waals surface area (Å²) in [7, 11) is 0. The van der Waals surface area contributed by atoms with Crippen molar-refractivity contribution >= 4 is 17.3 Å². The second kappa shape index (κ2) is 6.29. The predicted molar refractivity (Wildman–Crippen MR) is 70.3 cm³/mol. The van der Waals surface area contributed by atoms with Crippen molar-refractivity contribution < 1.29 is 14.6 Å². The zero-order valence-electron chi connectivity index (χ0n) is 10.6. The lowest BCUT2D eigenvalue weighted by Gasteiger charge is -2.11. The summed E-state index contributed by atoms with van der Waals surface area (Å²) in [4.78, 5) is 15.0. The van der Waals surface area contributed by atoms with E-state index in [1.807, 2.05) is 0 Å². The number of carbonyl (C=O) groups is 1. The first kappa shape index (κ1) is 13.5. The number of hydrogen-bond acceptors (Lipinski definition) is 4. The van der Waals surface area contributed by atoms with Gasteiger partial charge in [-0.15, -0.1) is 11.3 Å². The lowest BCUT2D eigenvalue weighted by molar-refractivity contribution is 0.0555. The molecule has 1 aromatic rings. The number of thiazole rings is 1. The van der Waals surface area contributed by atoms with Gasteiger partial charge in [0.2, 0.25) is 0 Å². The fourth-order valence-electron chi connectivity index (χ4n) is 2.28. The fourth-order valence-corrected chi connectivity index (χ4v) is 3.23. The molecular weight excluding hydrogens is 250 g/mol. The van der Waals surface area contributed by atoms with Crippen LogP contribution in [0.25, 0.3) is 0 Å². The van der Waals surface area contributed by atoms with Crippen LogP contribution in [0.2, 0.25) is 0 Å². The number of hydrogen-bond donors (Lipinski definition) is 1. The standard InChI is InChI=1S/C13H19NO3S/c1-2-3-6-17-10-5-4-9(7-10)12-14-11(8-18-12)13(15)16/h8-10H,2-7H2,1H3,(H,15,16)/t9-,10-/m0/s1. The quantitative estimate of drug-likeness (QED) is 0.805. The van der Waals surface area contributed by atoms with Crippen LogP contribution in [0.3, 0.4) is 0 Å². The van der Waals surface area contributed by atoms with Crippen LogP contribution in [-0.4, -0.2) is 28.8 Å². The zero-order chi connectivity index (χ0) is 13.0. The summed E-state index contributed by atoms with van der Waals surface area (Å²) in [5.41, 5.74) is 0.172. The van der Waals surface area contributed by atoms with Gasteiger partial charge in [-0.3, -0.25) is 0 Å². The lowest BCUT2D eigenvalue weighted by atomic mass is 10.1. The summed E-state index contributed by atoms with van der Waals surface area (Å²) in [6.45, 7) is 3.00. The van der Waals surface area contributed by atoms with Crippen molar-refractivity contribution in [2.75, 3.05) is 6.61 Å². The smallest absolute Gasteiger partial charge is 0.355 e. The van der Waals surface area contributed by atoms with E-state index in [9.17, 15) is 4.79 Å². The minimum atomic E-state index is -0.939. The number of nitrogens with zero attached hydrogens (tertiary/aromatic N) is 1. The Morgan fingerprint density at radius 1 is 1.61 bits per heavy atom. The molecule has 1 heterocycles. The number of ether oxygens (including phenoxy) is 1. The van der Waals surface area contributed by atoms with Crippen LogP contribution in [0.15, 0.2) is 5.38 Å². The van der Waals surface area contributed by atoms with Crippen molar-refractivity contribution in [2.45, 2.75) is 51.0 Å². The highest BCUT2D eigenvalue weighted by molar-refractivity contribution is 7.09. The van der Waals surface area contributed by atoms with E-state index in [1.165, 1.54) is 11.3 Å². The first-order chi connectivity index (χ1) is 8.70. The Morgan fingerprint density at radius 3 is 3.11 bits per heavy atom. The number of aromatic nitrogens is 1. The third kappa shape index (κ3) is 3.29. The van der Waals surface area contributed by atoms with Gasteiger partial charge < -0.3 is 9.84 Å². The van der Waals surface area contributed by atoms with E-state index in [0.29, 0.717) is 12.0 Å². The number of rotatable bonds is 6. The minimum Gasteiger partial charge on any atom is -0.476 e. The molecule has 2 rings (SSSR count). The second-order valence-electron chi connectivity index (χ2n) is 4.73. The van der Waals surface area contributed by atoms with E-state index < -0.39 is 5.97 Å². The monoisotopic (exact) mass is 269 g/mol. The van der Waals surface area contributed by atoms with Crippen LogP contribution in [0, 0.1) is 0 Å². The minimum absolute atomic E-state index is 0.172. The van der Waals surface area contributed by atoms with E-state index in [1.54, 1.807) is 5.38 Å². The third-order valence-electron chi connectivity index (χ3n) is 3.33. The van der Waals surface area contributed by atoms with E-state index in [2.05, 4.69) is 11.9 Å². The molecule has 0 spiro atoms. The van der Waals surface area contributed by atoms with Crippen LogP contribution in [-0.2, 0) is 4.74 Å². The Bertz CT molecular complexity index is 405. The van der Waals surface area contributed by atoms with Crippen LogP contribution < -0.4 is 0 Å². The van der Waals surface area contributed by atoms with Gasteiger partial charge in [-0.1, -0.05) is 13.3 Å². The number of aromatic carboxylic acids is 1. The Kier molecular flexibility index (Phi) is 4.72. The highest BCUT2D eigenvalue weighted by Gasteiger charge is 2.28. The van der Waals surface area contributed by atoms with Gasteiger partial charge in [0.15, 0.2) is 5.69 Å². The van der Waals surface area contributed by atoms with Gasteiger partial charge in [0, 0.05) is 17.9 Å². The molecule has 100 valence electrons. The Labute approximate surface area is 111 Å². The Morgan fingerprint density at radius 2 is 2.44 bits per heavy atom. The van der Waals surface area contributed by atoms with Crippen molar-refractivity contribution in [1.82, 2.24) is 4.98 Å². The predicted octanol–water partition coefficient (Wildman–Crippen LogP) is 3.29. The molecule has 4 nitrogen and oxygen atoms in total. The molecule has 0 aromatic carbocycles. The van der Waals surface area contributed by atoms with Crippen molar-refractivity contribution in [1.29, 1.82) is 0 Å². The highest BCUT2D eigenvalue weighted by Crippen LogP contribution is 2.37. The first-order valence-electron chi connectivity index (χ1n) is 6.51. The van der Waals surface area contributed by atoms with Crippen molar-refractivity contribution in [3.05, 3.63) is 16.1 Å². The highest BCUT2D eigenvalue weighted by atomic mass is 32.1. The molecule has 1 aromatic heterocycles. The summed E-state index contributed by atoms with van der Waals surface area (Å²) < 4.78 is 5.81. The lowest BCUT2D eigenvalue weighted by Crippen LogP contribution is -2.09. The van der Waals surface area contributed by atoms with Gasteiger partial charge in [0.25, 0.3) is 0 Å². The Hall–Kier alpha value is -0.940. The molecule has 5 heteroatoms. The molecule has 0 bridgehead atoms. The van der Waals surface area contributed by atoms with E-state index in [4.69, 9.17) is 9.84 Å². The zero-order valence-corrected chi connectivity index (χ0v) is 11.4. The molecule has 1 aliphatic carbocycles. The van der Waals surface area contributed by atoms with E-state index in [0.717, 1.165) is 43.7 Å². The SMILES string of the molecule is CCCCO[C@H]1CC[C@H](c2nc(C(=O)O)cs2)C1. The van der Waals surface area contributed by atoms with Crippen LogP contribution in [0.5, 0.6) is 0 Å². The average Bonchev–Trinajstić information content (AvgIpc) is 2.97. The summed E-state index contributed by atoms with van der Waals surface area (Å²) in [5.74, 6) is -0.555. The van der Waals surface area contributed by atoms with Gasteiger partial charge in [-0.2, -0.15) is 0 Å². The summed E-state index contributed by atoms with van der Waals surface area (Å²) in [5, 5.41) is 11.4. The molecule has 1 saturated carbocycles. The molecule has 2 atom stereocenters. The van der Waals surface area contributed by atoms with Gasteiger partial charge in [0.1, 0.15) is 0 Å². The molecule has 0 amide bonds. The molecule has 0 unspecified atom stereocenters. The maximum Gasteiger partial charge on any atom is 0.355 e. The van der Waals surface area contributed by atoms with Gasteiger partial charge in [-0.05, 0) is 25.7 Å². The van der Waals surface area contributed by atoms with Crippen LogP contribution in [0.1, 0.15) is 60.4 Å². The summed E-state index contributed by atoms with van der Waals surface area (Å²) >= 11 is 1.46. The van der Waals surface area contributed by atoms with Crippen LogP contribution >= 0.6 is 11.3 Å². The molecule has 18 heavy (non-hydrogen) atoms. The number of unbranched alkanes of at least 4 members (excludes halogenated alkanes) is 1. The van der Waals surface area contributed by atoms with Gasteiger partial charge in [-0.25, -0.2) is 9.78 Å². The molecule has 0 saturated heterocycles. The van der Waals surface area contributed by atoms with E-state index in [-0.39, 0.29) is 5.69 Å². The molecule has 1 aliphatic rings. The number of carboxylic acids is 1. The first-order valence-corrected chi connectivity index (χ1v) is 7.39. The van der Waals surface area contributed by atoms with Crippen molar-refractivity contribution in [3.63, 3.8) is 0 Å². The summed E-state index contributed by atoms with van der Waals surface area (Å²) in [6.07, 6.45) is 5.71. The van der Waals surface area contributed by atoms with Crippen LogP contribution in [0.4, 0.5) is 0 Å². The largest absolute Gasteiger partial charge is 0.476 e. The molecule has 0 aliphatic heterocycles. The molecular formula is C13H19NO3S. The van der Waals surface area contributed by atoms with Crippen molar-refractivity contribution in [3.8, 4) is 0 Å². The molecule has 1 N–H and O–H groups in total. The normalized spacial score (nSPS) is 23.4. The summed E-state index contributed by atoms with van der Waals surface area (Å²) in [6, 6.07) is 0. The van der Waals surface area contributed by atoms with Crippen molar-refractivity contribution in [2.24, 2.45) is 0 Å². The second-order valence-corrected chi connectivity index (χ2v) is 5.62. The topological polar surface area (TPSA) is 59.4 Å². The maximum atomic E-state index is 10.8. The third-order valence-corrected chi connectivity index (χ3v) is 4.33. The van der Waals surface area contributed by atoms with Gasteiger partial charge in [0.05, 0.1) is 11.1 Å². The van der Waals surface area contributed by atoms with Gasteiger partial charge >= 0.3 is 5.97 Å². The molecule has 1 fully saturated rings.